The molecule has 0 saturated carbocycles. The van der Waals surface area contributed by atoms with Crippen LogP contribution in [-0.4, -0.2) is 52.7 Å². The molecule has 21 heavy (non-hydrogen) atoms. The van der Waals surface area contributed by atoms with Gasteiger partial charge in [-0.15, -0.1) is 0 Å². The molecule has 0 spiro atoms. The van der Waals surface area contributed by atoms with Crippen LogP contribution < -0.4 is 0 Å². The third kappa shape index (κ3) is 4.01. The number of amides is 1. The van der Waals surface area contributed by atoms with E-state index >= 15 is 0 Å². The van der Waals surface area contributed by atoms with Gasteiger partial charge in [-0.3, -0.25) is 9.78 Å². The maximum absolute atomic E-state index is 12.4. The smallest absolute Gasteiger partial charge is 0.337 e. The van der Waals surface area contributed by atoms with Crippen LogP contribution >= 0.6 is 0 Å². The molecule has 1 unspecified atom stereocenters. The fourth-order valence-corrected chi connectivity index (χ4v) is 2.35. The van der Waals surface area contributed by atoms with E-state index in [4.69, 9.17) is 9.84 Å². The van der Waals surface area contributed by atoms with Gasteiger partial charge in [-0.2, -0.15) is 0 Å². The van der Waals surface area contributed by atoms with E-state index in [1.165, 1.54) is 18.3 Å². The molecule has 1 aliphatic rings. The number of hydrogen-bond acceptors (Lipinski definition) is 4. The third-order valence-corrected chi connectivity index (χ3v) is 3.45. The van der Waals surface area contributed by atoms with Crippen LogP contribution in [0.2, 0.25) is 0 Å². The van der Waals surface area contributed by atoms with Crippen molar-refractivity contribution in [2.24, 2.45) is 0 Å². The summed E-state index contributed by atoms with van der Waals surface area (Å²) in [5.41, 5.74) is 0.352. The summed E-state index contributed by atoms with van der Waals surface area (Å²) in [6.07, 6.45) is 4.14. The molecule has 0 aliphatic carbocycles. The van der Waals surface area contributed by atoms with Crippen LogP contribution in [0.15, 0.2) is 18.3 Å². The van der Waals surface area contributed by atoms with Crippen molar-refractivity contribution in [2.75, 3.05) is 19.7 Å². The quantitative estimate of drug-likeness (QED) is 0.895. The van der Waals surface area contributed by atoms with Gasteiger partial charge in [0.1, 0.15) is 5.69 Å². The van der Waals surface area contributed by atoms with Crippen LogP contribution in [0.25, 0.3) is 0 Å². The molecule has 6 nitrogen and oxygen atoms in total. The molecule has 2 rings (SSSR count). The molecule has 1 aromatic rings. The highest BCUT2D eigenvalue weighted by Gasteiger charge is 2.25. The van der Waals surface area contributed by atoms with E-state index in [-0.39, 0.29) is 23.3 Å². The van der Waals surface area contributed by atoms with E-state index in [0.717, 1.165) is 19.3 Å². The van der Waals surface area contributed by atoms with Gasteiger partial charge in [0.15, 0.2) is 0 Å². The van der Waals surface area contributed by atoms with Crippen molar-refractivity contribution >= 4 is 11.9 Å². The number of ether oxygens (including phenoxy) is 1. The molecule has 0 aromatic carbocycles. The van der Waals surface area contributed by atoms with E-state index in [2.05, 4.69) is 11.9 Å². The predicted molar refractivity (Wildman–Crippen MR) is 76.4 cm³/mol. The number of likely N-dealkylation sites (tertiary alicyclic amines) is 1. The molecule has 1 N–H and O–H groups in total. The van der Waals surface area contributed by atoms with Crippen molar-refractivity contribution in [2.45, 2.75) is 32.3 Å². The van der Waals surface area contributed by atoms with Crippen molar-refractivity contribution in [3.05, 3.63) is 29.6 Å². The number of hydrogen-bond donors (Lipinski definition) is 1. The molecule has 1 saturated heterocycles. The standard InChI is InChI=1S/C15H20N2O4/c1-2-8-21-12-4-3-7-17(10-12)14(18)13-6-5-11(9-16-13)15(19)20/h5-6,9,12H,2-4,7-8,10H2,1H3,(H,19,20). The second-order valence-corrected chi connectivity index (χ2v) is 5.12. The van der Waals surface area contributed by atoms with Crippen molar-refractivity contribution in [1.29, 1.82) is 0 Å². The number of carbonyl (C=O) groups is 2. The number of rotatable bonds is 5. The van der Waals surface area contributed by atoms with Gasteiger partial charge in [0.2, 0.25) is 0 Å². The molecule has 2 heterocycles. The first kappa shape index (κ1) is 15.4. The maximum atomic E-state index is 12.4. The van der Waals surface area contributed by atoms with Gasteiger partial charge in [0.05, 0.1) is 11.7 Å². The average Bonchev–Trinajstić information content (AvgIpc) is 2.52. The largest absolute Gasteiger partial charge is 0.478 e. The molecule has 1 aromatic heterocycles. The topological polar surface area (TPSA) is 79.7 Å². The first-order chi connectivity index (χ1) is 10.1. The number of pyridine rings is 1. The zero-order valence-electron chi connectivity index (χ0n) is 12.1. The monoisotopic (exact) mass is 292 g/mol. The van der Waals surface area contributed by atoms with Crippen molar-refractivity contribution in [1.82, 2.24) is 9.88 Å². The SMILES string of the molecule is CCCOC1CCCN(C(=O)c2ccc(C(=O)O)cn2)C1. The highest BCUT2D eigenvalue weighted by atomic mass is 16.5. The fraction of sp³-hybridized carbons (Fsp3) is 0.533. The van der Waals surface area contributed by atoms with Gasteiger partial charge >= 0.3 is 5.97 Å². The van der Waals surface area contributed by atoms with E-state index in [0.29, 0.717) is 19.7 Å². The van der Waals surface area contributed by atoms with Crippen LogP contribution in [0.5, 0.6) is 0 Å². The molecule has 6 heteroatoms. The molecule has 0 radical (unpaired) electrons. The highest BCUT2D eigenvalue weighted by molar-refractivity contribution is 5.93. The van der Waals surface area contributed by atoms with Crippen molar-refractivity contribution in [3.8, 4) is 0 Å². The lowest BCUT2D eigenvalue weighted by Crippen LogP contribution is -2.43. The number of carboxylic acid groups (broad SMARTS) is 1. The Morgan fingerprint density at radius 2 is 2.29 bits per heavy atom. The molecule has 1 atom stereocenters. The van der Waals surface area contributed by atoms with E-state index in [1.807, 2.05) is 0 Å². The Labute approximate surface area is 123 Å². The Bertz CT molecular complexity index is 501. The molecule has 1 amide bonds. The van der Waals surface area contributed by atoms with Gasteiger partial charge in [-0.05, 0) is 31.4 Å². The number of aromatic carboxylic acids is 1. The Kier molecular flexibility index (Phi) is 5.27. The highest BCUT2D eigenvalue weighted by Crippen LogP contribution is 2.16. The minimum Gasteiger partial charge on any atom is -0.478 e. The van der Waals surface area contributed by atoms with Crippen molar-refractivity contribution < 1.29 is 19.4 Å². The summed E-state index contributed by atoms with van der Waals surface area (Å²) in [7, 11) is 0. The summed E-state index contributed by atoms with van der Waals surface area (Å²) in [5, 5.41) is 8.83. The zero-order chi connectivity index (χ0) is 15.2. The van der Waals surface area contributed by atoms with Gasteiger partial charge in [0, 0.05) is 25.9 Å². The molecule has 1 fully saturated rings. The zero-order valence-corrected chi connectivity index (χ0v) is 12.1. The second-order valence-electron chi connectivity index (χ2n) is 5.12. The first-order valence-corrected chi connectivity index (χ1v) is 7.22. The van der Waals surface area contributed by atoms with Crippen LogP contribution in [0, 0.1) is 0 Å². The van der Waals surface area contributed by atoms with E-state index < -0.39 is 5.97 Å². The average molecular weight is 292 g/mol. The fourth-order valence-electron chi connectivity index (χ4n) is 2.35. The molecule has 1 aliphatic heterocycles. The van der Waals surface area contributed by atoms with Crippen LogP contribution in [0.3, 0.4) is 0 Å². The molecular weight excluding hydrogens is 272 g/mol. The Hall–Kier alpha value is -1.95. The second kappa shape index (κ2) is 7.17. The Morgan fingerprint density at radius 3 is 2.90 bits per heavy atom. The summed E-state index contributed by atoms with van der Waals surface area (Å²) < 4.78 is 5.71. The summed E-state index contributed by atoms with van der Waals surface area (Å²) >= 11 is 0. The van der Waals surface area contributed by atoms with Gasteiger partial charge in [-0.25, -0.2) is 4.79 Å². The summed E-state index contributed by atoms with van der Waals surface area (Å²) in [6, 6.07) is 2.86. The summed E-state index contributed by atoms with van der Waals surface area (Å²) in [5.74, 6) is -1.22. The molecule has 0 bridgehead atoms. The number of nitrogens with zero attached hydrogens (tertiary/aromatic N) is 2. The number of carboxylic acids is 1. The minimum atomic E-state index is -1.05. The van der Waals surface area contributed by atoms with E-state index in [9.17, 15) is 9.59 Å². The van der Waals surface area contributed by atoms with Gasteiger partial charge in [-0.1, -0.05) is 6.92 Å². The van der Waals surface area contributed by atoms with E-state index in [1.54, 1.807) is 4.90 Å². The predicted octanol–water partition coefficient (Wildman–Crippen LogP) is 1.81. The molecular formula is C15H20N2O4. The Morgan fingerprint density at radius 1 is 1.48 bits per heavy atom. The normalized spacial score (nSPS) is 18.5. The minimum absolute atomic E-state index is 0.0781. The van der Waals surface area contributed by atoms with Crippen LogP contribution in [0.4, 0.5) is 0 Å². The van der Waals surface area contributed by atoms with Gasteiger partial charge < -0.3 is 14.7 Å². The van der Waals surface area contributed by atoms with Crippen LogP contribution in [0.1, 0.15) is 47.0 Å². The Balaban J connectivity index is 2.00. The molecule has 114 valence electrons. The lowest BCUT2D eigenvalue weighted by atomic mass is 10.1. The van der Waals surface area contributed by atoms with Gasteiger partial charge in [0.25, 0.3) is 5.91 Å². The first-order valence-electron chi connectivity index (χ1n) is 7.22. The third-order valence-electron chi connectivity index (χ3n) is 3.45. The maximum Gasteiger partial charge on any atom is 0.337 e. The summed E-state index contributed by atoms with van der Waals surface area (Å²) in [4.78, 5) is 28.8. The number of carbonyl (C=O) groups excluding carboxylic acids is 1. The lowest BCUT2D eigenvalue weighted by Gasteiger charge is -2.32. The lowest BCUT2D eigenvalue weighted by molar-refractivity contribution is 0.00192. The van der Waals surface area contributed by atoms with Crippen molar-refractivity contribution in [3.63, 3.8) is 0 Å². The number of piperidine rings is 1. The van der Waals surface area contributed by atoms with Crippen LogP contribution in [-0.2, 0) is 4.74 Å². The summed E-state index contributed by atoms with van der Waals surface area (Å²) in [6.45, 7) is 4.02. The number of aromatic nitrogens is 1.